The average molecular weight is 473 g/mol. The van der Waals surface area contributed by atoms with E-state index >= 15 is 0 Å². The van der Waals surface area contributed by atoms with Crippen molar-refractivity contribution < 1.29 is 18.0 Å². The van der Waals surface area contributed by atoms with E-state index in [9.17, 15) is 18.0 Å². The molecule has 1 amide bonds. The van der Waals surface area contributed by atoms with Gasteiger partial charge in [0.05, 0.1) is 22.7 Å². The Morgan fingerprint density at radius 3 is 2.33 bits per heavy atom. The number of anilines is 2. The van der Waals surface area contributed by atoms with Gasteiger partial charge in [0.25, 0.3) is 0 Å². The predicted molar refractivity (Wildman–Crippen MR) is 124 cm³/mol. The second kappa shape index (κ2) is 10.2. The molecule has 5 nitrogen and oxygen atoms in total. The highest BCUT2D eigenvalue weighted by atomic mass is 32.2. The topological polar surface area (TPSA) is 58.1 Å². The minimum absolute atomic E-state index is 0.0786. The van der Waals surface area contributed by atoms with Gasteiger partial charge in [-0.05, 0) is 55.7 Å². The number of hydrogen-bond donors (Lipinski definition) is 1. The molecule has 1 N–H and O–H groups in total. The summed E-state index contributed by atoms with van der Waals surface area (Å²) in [5, 5.41) is 11.2. The Balaban J connectivity index is 1.33. The highest BCUT2D eigenvalue weighted by Crippen LogP contribution is 2.34. The lowest BCUT2D eigenvalue weighted by Gasteiger charge is -2.28. The Kier molecular flexibility index (Phi) is 7.17. The lowest BCUT2D eigenvalue weighted by atomic mass is 10.1. The molecule has 2 heterocycles. The van der Waals surface area contributed by atoms with E-state index in [-0.39, 0.29) is 11.4 Å². The molecule has 2 aromatic carbocycles. The number of rotatable bonds is 6. The molecule has 172 valence electrons. The van der Waals surface area contributed by atoms with Gasteiger partial charge in [-0.3, -0.25) is 4.79 Å². The Morgan fingerprint density at radius 1 is 0.939 bits per heavy atom. The van der Waals surface area contributed by atoms with Crippen LogP contribution in [0.5, 0.6) is 0 Å². The van der Waals surface area contributed by atoms with Crippen LogP contribution in [0.3, 0.4) is 0 Å². The number of para-hydroxylation sites is 1. The van der Waals surface area contributed by atoms with Crippen LogP contribution in [0.25, 0.3) is 11.3 Å². The van der Waals surface area contributed by atoms with Gasteiger partial charge >= 0.3 is 6.18 Å². The number of carbonyl (C=O) groups is 1. The Labute approximate surface area is 194 Å². The summed E-state index contributed by atoms with van der Waals surface area (Å²) in [4.78, 5) is 14.6. The molecule has 0 bridgehead atoms. The second-order valence-corrected chi connectivity index (χ2v) is 8.73. The summed E-state index contributed by atoms with van der Waals surface area (Å²) in [5.74, 6) is -0.624. The zero-order valence-corrected chi connectivity index (χ0v) is 18.6. The summed E-state index contributed by atoms with van der Waals surface area (Å²) >= 11 is 1.11. The van der Waals surface area contributed by atoms with Crippen molar-refractivity contribution in [2.45, 2.75) is 30.5 Å². The number of aromatic nitrogens is 2. The second-order valence-electron chi connectivity index (χ2n) is 7.73. The van der Waals surface area contributed by atoms with Crippen molar-refractivity contribution in [1.29, 1.82) is 0 Å². The zero-order valence-electron chi connectivity index (χ0n) is 17.8. The molecule has 1 aliphatic heterocycles. The summed E-state index contributed by atoms with van der Waals surface area (Å²) < 4.78 is 39.2. The first-order chi connectivity index (χ1) is 15.9. The van der Waals surface area contributed by atoms with E-state index in [0.717, 1.165) is 36.5 Å². The quantitative estimate of drug-likeness (QED) is 0.454. The predicted octanol–water partition coefficient (Wildman–Crippen LogP) is 5.88. The third-order valence-electron chi connectivity index (χ3n) is 5.38. The van der Waals surface area contributed by atoms with Crippen molar-refractivity contribution in [3.05, 3.63) is 66.2 Å². The van der Waals surface area contributed by atoms with E-state index in [1.807, 2.05) is 18.2 Å². The number of amides is 1. The number of carbonyl (C=O) groups excluding carboxylic acids is 1. The Morgan fingerprint density at radius 2 is 1.67 bits per heavy atom. The molecule has 1 aromatic heterocycles. The van der Waals surface area contributed by atoms with Crippen LogP contribution in [0.1, 0.15) is 24.8 Å². The number of thioether (sulfide) groups is 1. The summed E-state index contributed by atoms with van der Waals surface area (Å²) in [7, 11) is 0. The van der Waals surface area contributed by atoms with E-state index in [2.05, 4.69) is 32.5 Å². The molecule has 4 rings (SSSR count). The first-order valence-electron chi connectivity index (χ1n) is 10.7. The largest absolute Gasteiger partial charge is 0.418 e. The van der Waals surface area contributed by atoms with Crippen LogP contribution in [0, 0.1) is 0 Å². The monoisotopic (exact) mass is 472 g/mol. The number of halogens is 3. The summed E-state index contributed by atoms with van der Waals surface area (Å²) in [6.45, 7) is 2.17. The smallest absolute Gasteiger partial charge is 0.372 e. The fourth-order valence-electron chi connectivity index (χ4n) is 3.71. The van der Waals surface area contributed by atoms with E-state index in [1.54, 1.807) is 6.07 Å². The van der Waals surface area contributed by atoms with Gasteiger partial charge in [-0.15, -0.1) is 10.2 Å². The highest BCUT2D eigenvalue weighted by Gasteiger charge is 2.33. The Hall–Kier alpha value is -3.07. The molecule has 0 aliphatic carbocycles. The number of nitrogens with one attached hydrogen (secondary N) is 1. The van der Waals surface area contributed by atoms with E-state index < -0.39 is 17.6 Å². The van der Waals surface area contributed by atoms with Crippen LogP contribution >= 0.6 is 11.8 Å². The molecule has 33 heavy (non-hydrogen) atoms. The fraction of sp³-hybridized carbons (Fsp3) is 0.292. The molecule has 1 saturated heterocycles. The van der Waals surface area contributed by atoms with Gasteiger partial charge in [-0.2, -0.15) is 13.2 Å². The van der Waals surface area contributed by atoms with Crippen molar-refractivity contribution in [3.63, 3.8) is 0 Å². The molecule has 9 heteroatoms. The minimum Gasteiger partial charge on any atom is -0.372 e. The van der Waals surface area contributed by atoms with Crippen molar-refractivity contribution in [2.24, 2.45) is 0 Å². The van der Waals surface area contributed by atoms with Gasteiger partial charge in [0, 0.05) is 24.3 Å². The zero-order chi connectivity index (χ0) is 23.3. The van der Waals surface area contributed by atoms with E-state index in [4.69, 9.17) is 0 Å². The molecule has 0 spiro atoms. The fourth-order valence-corrected chi connectivity index (χ4v) is 4.33. The average Bonchev–Trinajstić information content (AvgIpc) is 2.83. The van der Waals surface area contributed by atoms with Crippen LogP contribution in [-0.4, -0.2) is 34.9 Å². The Bertz CT molecular complexity index is 1080. The van der Waals surface area contributed by atoms with Crippen LogP contribution in [-0.2, 0) is 11.0 Å². The van der Waals surface area contributed by atoms with Gasteiger partial charge in [-0.1, -0.05) is 36.0 Å². The lowest BCUT2D eigenvalue weighted by molar-refractivity contribution is -0.137. The normalized spacial score (nSPS) is 14.2. The third kappa shape index (κ3) is 6.04. The van der Waals surface area contributed by atoms with Gasteiger partial charge < -0.3 is 10.2 Å². The molecule has 0 saturated carbocycles. The van der Waals surface area contributed by atoms with Gasteiger partial charge in [-0.25, -0.2) is 0 Å². The maximum atomic E-state index is 13.1. The van der Waals surface area contributed by atoms with Crippen molar-refractivity contribution in [1.82, 2.24) is 10.2 Å². The molecular weight excluding hydrogens is 449 g/mol. The highest BCUT2D eigenvalue weighted by molar-refractivity contribution is 7.99. The van der Waals surface area contributed by atoms with Crippen LogP contribution in [0.4, 0.5) is 24.5 Å². The molecular formula is C24H23F3N4OS. The number of hydrogen-bond acceptors (Lipinski definition) is 5. The number of benzene rings is 2. The van der Waals surface area contributed by atoms with Crippen molar-refractivity contribution >= 4 is 29.0 Å². The summed E-state index contributed by atoms with van der Waals surface area (Å²) in [6.07, 6.45) is -0.806. The van der Waals surface area contributed by atoms with Gasteiger partial charge in [0.2, 0.25) is 5.91 Å². The third-order valence-corrected chi connectivity index (χ3v) is 6.30. The molecule has 1 fully saturated rings. The van der Waals surface area contributed by atoms with Gasteiger partial charge in [0.1, 0.15) is 5.03 Å². The molecule has 3 aromatic rings. The maximum Gasteiger partial charge on any atom is 0.418 e. The first-order valence-corrected chi connectivity index (χ1v) is 11.7. The van der Waals surface area contributed by atoms with E-state index in [0.29, 0.717) is 10.7 Å². The van der Waals surface area contributed by atoms with Crippen molar-refractivity contribution in [2.75, 3.05) is 29.1 Å². The standard InChI is InChI=1S/C24H23F3N4OS/c25-24(26,27)19-6-2-3-7-21(19)28-22(32)16-33-23-13-12-20(29-30-23)17-8-10-18(11-9-17)31-14-4-1-5-15-31/h2-3,6-13H,1,4-5,14-16H2,(H,28,32). The summed E-state index contributed by atoms with van der Waals surface area (Å²) in [5.41, 5.74) is 1.73. The number of alkyl halides is 3. The molecule has 0 atom stereocenters. The van der Waals surface area contributed by atoms with Crippen LogP contribution in [0.15, 0.2) is 65.7 Å². The molecule has 1 aliphatic rings. The molecule has 0 unspecified atom stereocenters. The van der Waals surface area contributed by atoms with Crippen molar-refractivity contribution in [3.8, 4) is 11.3 Å². The SMILES string of the molecule is O=C(CSc1ccc(-c2ccc(N3CCCCC3)cc2)nn1)Nc1ccccc1C(F)(F)F. The lowest BCUT2D eigenvalue weighted by Crippen LogP contribution is -2.29. The van der Waals surface area contributed by atoms with E-state index in [1.165, 1.54) is 43.1 Å². The summed E-state index contributed by atoms with van der Waals surface area (Å²) in [6, 6.07) is 16.7. The first kappa shape index (κ1) is 23.1. The number of piperidine rings is 1. The molecule has 0 radical (unpaired) electrons. The minimum atomic E-state index is -4.54. The van der Waals surface area contributed by atoms with Gasteiger partial charge in [0.15, 0.2) is 0 Å². The maximum absolute atomic E-state index is 13.1. The van der Waals surface area contributed by atoms with Crippen LogP contribution < -0.4 is 10.2 Å². The number of nitrogens with zero attached hydrogens (tertiary/aromatic N) is 3. The van der Waals surface area contributed by atoms with Crippen LogP contribution in [0.2, 0.25) is 0 Å².